The highest BCUT2D eigenvalue weighted by Gasteiger charge is 2.16. The summed E-state index contributed by atoms with van der Waals surface area (Å²) in [6, 6.07) is 5.79. The van der Waals surface area contributed by atoms with Gasteiger partial charge in [0.15, 0.2) is 11.5 Å². The van der Waals surface area contributed by atoms with Gasteiger partial charge in [-0.05, 0) is 32.4 Å². The van der Waals surface area contributed by atoms with Crippen molar-refractivity contribution in [3.8, 4) is 0 Å². The van der Waals surface area contributed by atoms with Crippen LogP contribution in [0.1, 0.15) is 37.8 Å². The van der Waals surface area contributed by atoms with Crippen LogP contribution in [-0.4, -0.2) is 28.4 Å². The highest BCUT2D eigenvalue weighted by atomic mass is 16.5. The van der Waals surface area contributed by atoms with Crippen LogP contribution in [0.3, 0.4) is 0 Å². The number of imidazole rings is 1. The number of aryl methyl sites for hydroxylation is 3. The van der Waals surface area contributed by atoms with E-state index in [4.69, 9.17) is 0 Å². The molecule has 0 N–H and O–H groups in total. The molecule has 0 saturated carbocycles. The first-order chi connectivity index (χ1) is 9.92. The zero-order valence-electron chi connectivity index (χ0n) is 12.6. The molecule has 5 nitrogen and oxygen atoms in total. The minimum Gasteiger partial charge on any atom is -0.464 e. The number of benzene rings is 1. The van der Waals surface area contributed by atoms with Crippen LogP contribution < -0.4 is 0 Å². The smallest absolute Gasteiger partial charge is 0.358 e. The van der Waals surface area contributed by atoms with Crippen LogP contribution in [-0.2, 0) is 11.3 Å². The molecule has 1 aromatic heterocycles. The Morgan fingerprint density at radius 2 is 1.95 bits per heavy atom. The highest BCUT2D eigenvalue weighted by molar-refractivity contribution is 5.97. The third kappa shape index (κ3) is 3.18. The van der Waals surface area contributed by atoms with Crippen molar-refractivity contribution in [2.24, 2.45) is 0 Å². The molecule has 0 aliphatic carbocycles. The number of hydrogen-bond acceptors (Lipinski definition) is 4. The molecular weight excluding hydrogens is 268 g/mol. The van der Waals surface area contributed by atoms with Crippen molar-refractivity contribution in [2.45, 2.75) is 27.3 Å². The molecule has 0 amide bonds. The molecule has 5 heteroatoms. The lowest BCUT2D eigenvalue weighted by molar-refractivity contribution is 0.0594. The molecule has 0 bridgehead atoms. The minimum atomic E-state index is -0.504. The van der Waals surface area contributed by atoms with Crippen LogP contribution in [0.4, 0.5) is 0 Å². The van der Waals surface area contributed by atoms with Gasteiger partial charge in [-0.3, -0.25) is 4.79 Å². The number of methoxy groups -OCH3 is 1. The fourth-order valence-corrected chi connectivity index (χ4v) is 2.15. The predicted molar refractivity (Wildman–Crippen MR) is 78.6 cm³/mol. The Kier molecular flexibility index (Phi) is 4.21. The van der Waals surface area contributed by atoms with Gasteiger partial charge in [-0.25, -0.2) is 9.78 Å². The number of hydrogen-bond donors (Lipinski definition) is 0. The monoisotopic (exact) mass is 286 g/mol. The summed E-state index contributed by atoms with van der Waals surface area (Å²) in [6.45, 7) is 5.77. The summed E-state index contributed by atoms with van der Waals surface area (Å²) in [5, 5.41) is 0. The Morgan fingerprint density at radius 1 is 1.24 bits per heavy atom. The molecule has 2 aromatic rings. The average Bonchev–Trinajstić information content (AvgIpc) is 2.81. The second-order valence-electron chi connectivity index (χ2n) is 5.03. The van der Waals surface area contributed by atoms with Gasteiger partial charge in [-0.15, -0.1) is 0 Å². The van der Waals surface area contributed by atoms with Gasteiger partial charge >= 0.3 is 5.97 Å². The number of ketones is 1. The standard InChI is InChI=1S/C16H18N2O3/c1-10-5-6-11(2)13(7-10)15(19)9-18-8-14(16(20)21-4)17-12(18)3/h5-8H,9H2,1-4H3. The van der Waals surface area contributed by atoms with Gasteiger partial charge in [0.2, 0.25) is 0 Å². The Balaban J connectivity index is 2.25. The van der Waals surface area contributed by atoms with Crippen molar-refractivity contribution >= 4 is 11.8 Å². The first kappa shape index (κ1) is 15.0. The third-order valence-corrected chi connectivity index (χ3v) is 3.38. The number of carbonyl (C=O) groups is 2. The van der Waals surface area contributed by atoms with E-state index >= 15 is 0 Å². The van der Waals surface area contributed by atoms with E-state index in [0.717, 1.165) is 11.1 Å². The summed E-state index contributed by atoms with van der Waals surface area (Å²) in [5.41, 5.74) is 2.89. The maximum absolute atomic E-state index is 12.4. The SMILES string of the molecule is COC(=O)c1cn(CC(=O)c2cc(C)ccc2C)c(C)n1. The van der Waals surface area contributed by atoms with E-state index in [1.807, 2.05) is 32.0 Å². The maximum atomic E-state index is 12.4. The highest BCUT2D eigenvalue weighted by Crippen LogP contribution is 2.13. The molecule has 0 unspecified atom stereocenters. The first-order valence-electron chi connectivity index (χ1n) is 6.65. The largest absolute Gasteiger partial charge is 0.464 e. The molecular formula is C16H18N2O3. The quantitative estimate of drug-likeness (QED) is 0.640. The Hall–Kier alpha value is -2.43. The van der Waals surface area contributed by atoms with Crippen LogP contribution in [0.2, 0.25) is 0 Å². The summed E-state index contributed by atoms with van der Waals surface area (Å²) in [6.07, 6.45) is 1.55. The number of carbonyl (C=O) groups excluding carboxylic acids is 2. The lowest BCUT2D eigenvalue weighted by atomic mass is 10.0. The number of aromatic nitrogens is 2. The van der Waals surface area contributed by atoms with Crippen molar-refractivity contribution in [2.75, 3.05) is 7.11 Å². The molecule has 0 aliphatic heterocycles. The van der Waals surface area contributed by atoms with Gasteiger partial charge in [0.05, 0.1) is 13.7 Å². The predicted octanol–water partition coefficient (Wildman–Crippen LogP) is 2.48. The van der Waals surface area contributed by atoms with Crippen molar-refractivity contribution in [1.29, 1.82) is 0 Å². The van der Waals surface area contributed by atoms with Crippen LogP contribution >= 0.6 is 0 Å². The van der Waals surface area contributed by atoms with Crippen LogP contribution in [0, 0.1) is 20.8 Å². The van der Waals surface area contributed by atoms with Gasteiger partial charge in [-0.2, -0.15) is 0 Å². The molecule has 21 heavy (non-hydrogen) atoms. The summed E-state index contributed by atoms with van der Waals surface area (Å²) in [4.78, 5) is 28.0. The second-order valence-corrected chi connectivity index (χ2v) is 5.03. The Bertz CT molecular complexity index is 702. The Morgan fingerprint density at radius 3 is 2.62 bits per heavy atom. The topological polar surface area (TPSA) is 61.2 Å². The average molecular weight is 286 g/mol. The number of rotatable bonds is 4. The molecule has 0 spiro atoms. The fourth-order valence-electron chi connectivity index (χ4n) is 2.15. The number of ether oxygens (including phenoxy) is 1. The molecule has 1 heterocycles. The van der Waals surface area contributed by atoms with Crippen molar-refractivity contribution < 1.29 is 14.3 Å². The molecule has 1 aromatic carbocycles. The maximum Gasteiger partial charge on any atom is 0.358 e. The van der Waals surface area contributed by atoms with Gasteiger partial charge in [0.1, 0.15) is 5.82 Å². The van der Waals surface area contributed by atoms with Crippen molar-refractivity contribution in [3.05, 3.63) is 52.6 Å². The van der Waals surface area contributed by atoms with Crippen LogP contribution in [0.5, 0.6) is 0 Å². The van der Waals surface area contributed by atoms with Crippen molar-refractivity contribution in [3.63, 3.8) is 0 Å². The van der Waals surface area contributed by atoms with Crippen LogP contribution in [0.25, 0.3) is 0 Å². The lowest BCUT2D eigenvalue weighted by Gasteiger charge is -2.08. The Labute approximate surface area is 123 Å². The molecule has 110 valence electrons. The minimum absolute atomic E-state index is 0.00637. The number of nitrogens with zero attached hydrogens (tertiary/aromatic N) is 2. The van der Waals surface area contributed by atoms with E-state index in [1.165, 1.54) is 7.11 Å². The van der Waals surface area contributed by atoms with E-state index in [9.17, 15) is 9.59 Å². The summed E-state index contributed by atoms with van der Waals surface area (Å²) >= 11 is 0. The summed E-state index contributed by atoms with van der Waals surface area (Å²) in [5.74, 6) is 0.0956. The molecule has 0 radical (unpaired) electrons. The molecule has 0 fully saturated rings. The van der Waals surface area contributed by atoms with Gasteiger partial charge in [-0.1, -0.05) is 17.7 Å². The van der Waals surface area contributed by atoms with E-state index < -0.39 is 5.97 Å². The second kappa shape index (κ2) is 5.91. The zero-order valence-corrected chi connectivity index (χ0v) is 12.6. The molecule has 0 aliphatic rings. The van der Waals surface area contributed by atoms with Gasteiger partial charge in [0, 0.05) is 11.8 Å². The van der Waals surface area contributed by atoms with Gasteiger partial charge in [0.25, 0.3) is 0 Å². The van der Waals surface area contributed by atoms with Gasteiger partial charge < -0.3 is 9.30 Å². The zero-order chi connectivity index (χ0) is 15.6. The normalized spacial score (nSPS) is 10.5. The molecule has 0 saturated heterocycles. The van der Waals surface area contributed by atoms with E-state index in [0.29, 0.717) is 11.4 Å². The third-order valence-electron chi connectivity index (χ3n) is 3.38. The summed E-state index contributed by atoms with van der Waals surface area (Å²) in [7, 11) is 1.30. The van der Waals surface area contributed by atoms with Crippen molar-refractivity contribution in [1.82, 2.24) is 9.55 Å². The van der Waals surface area contributed by atoms with E-state index in [1.54, 1.807) is 17.7 Å². The van der Waals surface area contributed by atoms with E-state index in [2.05, 4.69) is 9.72 Å². The molecule has 0 atom stereocenters. The molecule has 2 rings (SSSR count). The fraction of sp³-hybridized carbons (Fsp3) is 0.312. The van der Waals surface area contributed by atoms with Crippen LogP contribution in [0.15, 0.2) is 24.4 Å². The first-order valence-corrected chi connectivity index (χ1v) is 6.65. The summed E-state index contributed by atoms with van der Waals surface area (Å²) < 4.78 is 6.29. The number of esters is 1. The number of Topliss-reactive ketones (excluding diaryl/α,β-unsaturated/α-hetero) is 1. The van der Waals surface area contributed by atoms with E-state index in [-0.39, 0.29) is 18.0 Å². The lowest BCUT2D eigenvalue weighted by Crippen LogP contribution is -2.12.